The van der Waals surface area contributed by atoms with Crippen molar-refractivity contribution in [2.45, 2.75) is 45.1 Å². The summed E-state index contributed by atoms with van der Waals surface area (Å²) in [5.74, 6) is 0. The Morgan fingerprint density at radius 3 is 2.75 bits per heavy atom. The zero-order valence-corrected chi connectivity index (χ0v) is 12.0. The highest BCUT2D eigenvalue weighted by Gasteiger charge is 2.15. The van der Waals surface area contributed by atoms with E-state index in [9.17, 15) is 5.11 Å². The van der Waals surface area contributed by atoms with Crippen molar-refractivity contribution in [2.75, 3.05) is 0 Å². The lowest BCUT2D eigenvalue weighted by atomic mass is 9.99. The van der Waals surface area contributed by atoms with E-state index in [-0.39, 0.29) is 0 Å². The van der Waals surface area contributed by atoms with Crippen LogP contribution >= 0.6 is 0 Å². The third kappa shape index (κ3) is 2.75. The van der Waals surface area contributed by atoms with E-state index < -0.39 is 6.10 Å². The second-order valence-electron chi connectivity index (χ2n) is 5.61. The molecule has 0 fully saturated rings. The Balaban J connectivity index is 1.73. The first-order chi connectivity index (χ1) is 9.76. The van der Waals surface area contributed by atoms with Gasteiger partial charge in [-0.15, -0.1) is 0 Å². The van der Waals surface area contributed by atoms with Crippen molar-refractivity contribution in [3.63, 3.8) is 0 Å². The molecular formula is C18H21NO. The van der Waals surface area contributed by atoms with Crippen LogP contribution in [0.15, 0.2) is 36.5 Å². The zero-order chi connectivity index (χ0) is 13.9. The molecule has 2 heteroatoms. The van der Waals surface area contributed by atoms with Gasteiger partial charge in [0.25, 0.3) is 0 Å². The summed E-state index contributed by atoms with van der Waals surface area (Å²) in [7, 11) is 0. The van der Waals surface area contributed by atoms with Crippen LogP contribution in [0, 0.1) is 0 Å². The topological polar surface area (TPSA) is 33.1 Å². The third-order valence-corrected chi connectivity index (χ3v) is 4.20. The molecule has 1 heterocycles. The van der Waals surface area contributed by atoms with Gasteiger partial charge in [0.1, 0.15) is 0 Å². The van der Waals surface area contributed by atoms with Gasteiger partial charge in [0.15, 0.2) is 0 Å². The maximum absolute atomic E-state index is 10.4. The first-order valence-corrected chi connectivity index (χ1v) is 7.50. The van der Waals surface area contributed by atoms with Crippen LogP contribution in [-0.2, 0) is 25.7 Å². The summed E-state index contributed by atoms with van der Waals surface area (Å²) in [5, 5.41) is 10.4. The number of rotatable bonds is 4. The van der Waals surface area contributed by atoms with Crippen LogP contribution in [0.1, 0.15) is 47.4 Å². The average molecular weight is 267 g/mol. The molecule has 1 unspecified atom stereocenters. The molecule has 0 bridgehead atoms. The van der Waals surface area contributed by atoms with Gasteiger partial charge in [0, 0.05) is 18.3 Å². The van der Waals surface area contributed by atoms with Crippen molar-refractivity contribution in [1.82, 2.24) is 4.98 Å². The third-order valence-electron chi connectivity index (χ3n) is 4.20. The monoisotopic (exact) mass is 267 g/mol. The van der Waals surface area contributed by atoms with E-state index in [1.807, 2.05) is 12.3 Å². The highest BCUT2D eigenvalue weighted by molar-refractivity contribution is 5.36. The van der Waals surface area contributed by atoms with Crippen molar-refractivity contribution < 1.29 is 5.11 Å². The van der Waals surface area contributed by atoms with Gasteiger partial charge in [0.2, 0.25) is 0 Å². The molecule has 1 aromatic heterocycles. The quantitative estimate of drug-likeness (QED) is 0.921. The van der Waals surface area contributed by atoms with Gasteiger partial charge in [-0.05, 0) is 54.0 Å². The number of hydrogen-bond donors (Lipinski definition) is 1. The maximum Gasteiger partial charge on any atom is 0.0845 e. The minimum absolute atomic E-state index is 0.458. The fourth-order valence-corrected chi connectivity index (χ4v) is 2.90. The van der Waals surface area contributed by atoms with E-state index in [1.165, 1.54) is 29.5 Å². The van der Waals surface area contributed by atoms with Crippen molar-refractivity contribution in [2.24, 2.45) is 0 Å². The Morgan fingerprint density at radius 2 is 2.00 bits per heavy atom. The van der Waals surface area contributed by atoms with E-state index in [4.69, 9.17) is 0 Å². The number of aliphatic hydroxyl groups is 1. The maximum atomic E-state index is 10.4. The van der Waals surface area contributed by atoms with E-state index in [0.717, 1.165) is 24.1 Å². The molecule has 0 radical (unpaired) electrons. The van der Waals surface area contributed by atoms with E-state index in [0.29, 0.717) is 6.42 Å². The van der Waals surface area contributed by atoms with Crippen LogP contribution in [0.4, 0.5) is 0 Å². The Bertz CT molecular complexity index is 589. The standard InChI is InChI=1S/C18H21NO/c1-2-13-6-9-17(19-12-13)11-18(20)16-8-7-14-4-3-5-15(14)10-16/h6-10,12,18,20H,2-5,11H2,1H3. The Morgan fingerprint density at radius 1 is 1.15 bits per heavy atom. The van der Waals surface area contributed by atoms with Gasteiger partial charge in [-0.25, -0.2) is 0 Å². The molecule has 1 N–H and O–H groups in total. The van der Waals surface area contributed by atoms with Crippen molar-refractivity contribution in [3.05, 3.63) is 64.5 Å². The molecule has 1 aliphatic rings. The fourth-order valence-electron chi connectivity index (χ4n) is 2.90. The van der Waals surface area contributed by atoms with E-state index in [1.54, 1.807) is 0 Å². The number of nitrogens with zero attached hydrogens (tertiary/aromatic N) is 1. The zero-order valence-electron chi connectivity index (χ0n) is 12.0. The molecule has 0 aliphatic heterocycles. The first kappa shape index (κ1) is 13.3. The van der Waals surface area contributed by atoms with Gasteiger partial charge >= 0.3 is 0 Å². The second-order valence-corrected chi connectivity index (χ2v) is 5.61. The summed E-state index contributed by atoms with van der Waals surface area (Å²) in [6.45, 7) is 2.12. The smallest absolute Gasteiger partial charge is 0.0845 e. The molecule has 20 heavy (non-hydrogen) atoms. The predicted molar refractivity (Wildman–Crippen MR) is 80.7 cm³/mol. The largest absolute Gasteiger partial charge is 0.388 e. The number of fused-ring (bicyclic) bond motifs is 1. The lowest BCUT2D eigenvalue weighted by molar-refractivity contribution is 0.177. The van der Waals surface area contributed by atoms with Crippen LogP contribution in [0.5, 0.6) is 0 Å². The van der Waals surface area contributed by atoms with E-state index >= 15 is 0 Å². The highest BCUT2D eigenvalue weighted by Crippen LogP contribution is 2.26. The summed E-state index contributed by atoms with van der Waals surface area (Å²) in [6, 6.07) is 10.5. The number of aliphatic hydroxyl groups excluding tert-OH is 1. The summed E-state index contributed by atoms with van der Waals surface area (Å²) in [5.41, 5.74) is 6.07. The van der Waals surface area contributed by atoms with Crippen molar-refractivity contribution in [3.8, 4) is 0 Å². The molecular weight excluding hydrogens is 246 g/mol. The highest BCUT2D eigenvalue weighted by atomic mass is 16.3. The molecule has 0 saturated heterocycles. The van der Waals surface area contributed by atoms with Crippen LogP contribution < -0.4 is 0 Å². The summed E-state index contributed by atoms with van der Waals surface area (Å²) in [4.78, 5) is 4.43. The Hall–Kier alpha value is -1.67. The average Bonchev–Trinajstić information content (AvgIpc) is 2.95. The van der Waals surface area contributed by atoms with Crippen LogP contribution in [0.25, 0.3) is 0 Å². The fraction of sp³-hybridized carbons (Fsp3) is 0.389. The summed E-state index contributed by atoms with van der Waals surface area (Å²) in [6.07, 6.45) is 6.62. The number of aromatic nitrogens is 1. The SMILES string of the molecule is CCc1ccc(CC(O)c2ccc3c(c2)CCC3)nc1. The van der Waals surface area contributed by atoms with Gasteiger partial charge in [0.05, 0.1) is 6.10 Å². The van der Waals surface area contributed by atoms with Crippen LogP contribution in [0.2, 0.25) is 0 Å². The molecule has 2 aromatic rings. The van der Waals surface area contributed by atoms with Gasteiger partial charge < -0.3 is 5.11 Å². The van der Waals surface area contributed by atoms with Gasteiger partial charge in [-0.2, -0.15) is 0 Å². The van der Waals surface area contributed by atoms with Crippen LogP contribution in [0.3, 0.4) is 0 Å². The molecule has 3 rings (SSSR count). The molecule has 1 aromatic carbocycles. The number of pyridine rings is 1. The van der Waals surface area contributed by atoms with Crippen molar-refractivity contribution >= 4 is 0 Å². The molecule has 1 aliphatic carbocycles. The molecule has 0 spiro atoms. The first-order valence-electron chi connectivity index (χ1n) is 7.50. The lowest BCUT2D eigenvalue weighted by Gasteiger charge is -2.12. The van der Waals surface area contributed by atoms with E-state index in [2.05, 4.69) is 36.2 Å². The predicted octanol–water partition coefficient (Wildman–Crippen LogP) is 3.41. The second kappa shape index (κ2) is 5.76. The molecule has 0 saturated carbocycles. The summed E-state index contributed by atoms with van der Waals surface area (Å²) < 4.78 is 0. The Labute approximate surface area is 120 Å². The molecule has 0 amide bonds. The summed E-state index contributed by atoms with van der Waals surface area (Å²) >= 11 is 0. The lowest BCUT2D eigenvalue weighted by Crippen LogP contribution is -2.04. The molecule has 1 atom stereocenters. The number of aryl methyl sites for hydroxylation is 3. The van der Waals surface area contributed by atoms with Gasteiger partial charge in [-0.1, -0.05) is 31.2 Å². The van der Waals surface area contributed by atoms with Gasteiger partial charge in [-0.3, -0.25) is 4.98 Å². The number of benzene rings is 1. The van der Waals surface area contributed by atoms with Crippen molar-refractivity contribution in [1.29, 1.82) is 0 Å². The molecule has 2 nitrogen and oxygen atoms in total. The minimum atomic E-state index is -0.458. The molecule has 104 valence electrons. The Kier molecular flexibility index (Phi) is 3.83. The van der Waals surface area contributed by atoms with Crippen LogP contribution in [-0.4, -0.2) is 10.1 Å². The normalized spacial score (nSPS) is 15.1. The number of hydrogen-bond acceptors (Lipinski definition) is 2. The minimum Gasteiger partial charge on any atom is -0.388 e.